The van der Waals surface area contributed by atoms with Crippen molar-refractivity contribution < 1.29 is 4.74 Å². The Morgan fingerprint density at radius 3 is 2.92 bits per heavy atom. The first-order chi connectivity index (χ1) is 11.9. The summed E-state index contributed by atoms with van der Waals surface area (Å²) < 4.78 is 7.48. The van der Waals surface area contributed by atoms with E-state index < -0.39 is 0 Å². The number of hydrogen-bond donors (Lipinski definition) is 0. The average molecular weight is 327 g/mol. The zero-order valence-corrected chi connectivity index (χ0v) is 14.7. The first kappa shape index (κ1) is 17.2. The van der Waals surface area contributed by atoms with E-state index in [9.17, 15) is 0 Å². The molecule has 0 spiro atoms. The van der Waals surface area contributed by atoms with Gasteiger partial charge in [0.15, 0.2) is 0 Å². The summed E-state index contributed by atoms with van der Waals surface area (Å²) in [5.74, 6) is 1.79. The van der Waals surface area contributed by atoms with Crippen LogP contribution in [0.2, 0.25) is 0 Å². The van der Waals surface area contributed by atoms with E-state index in [4.69, 9.17) is 4.74 Å². The molecule has 4 heteroatoms. The monoisotopic (exact) mass is 327 g/mol. The average Bonchev–Trinajstić information content (AvgIpc) is 3.10. The Hall–Kier alpha value is -1.65. The van der Waals surface area contributed by atoms with Gasteiger partial charge in [0.25, 0.3) is 0 Å². The van der Waals surface area contributed by atoms with E-state index in [0.717, 1.165) is 19.7 Å². The van der Waals surface area contributed by atoms with Crippen LogP contribution in [0.4, 0.5) is 0 Å². The molecule has 0 aliphatic carbocycles. The number of aryl methyl sites for hydroxylation is 1. The highest BCUT2D eigenvalue weighted by atomic mass is 16.5. The minimum Gasteiger partial charge on any atom is -0.383 e. The van der Waals surface area contributed by atoms with Crippen LogP contribution in [0.15, 0.2) is 42.7 Å². The molecule has 0 radical (unpaired) electrons. The number of nitrogens with zero attached hydrogens (tertiary/aromatic N) is 3. The van der Waals surface area contributed by atoms with Crippen LogP contribution in [0.25, 0.3) is 0 Å². The van der Waals surface area contributed by atoms with Gasteiger partial charge in [-0.15, -0.1) is 0 Å². The Kier molecular flexibility index (Phi) is 6.44. The molecule has 0 unspecified atom stereocenters. The lowest BCUT2D eigenvalue weighted by Gasteiger charge is -2.32. The number of aromatic nitrogens is 2. The number of imidazole rings is 1. The van der Waals surface area contributed by atoms with Gasteiger partial charge in [0.2, 0.25) is 0 Å². The van der Waals surface area contributed by atoms with Gasteiger partial charge in [-0.05, 0) is 44.3 Å². The van der Waals surface area contributed by atoms with Crippen molar-refractivity contribution in [3.05, 3.63) is 54.1 Å². The van der Waals surface area contributed by atoms with Crippen molar-refractivity contribution in [1.82, 2.24) is 14.5 Å². The lowest BCUT2D eigenvalue weighted by atomic mass is 9.96. The quantitative estimate of drug-likeness (QED) is 0.745. The summed E-state index contributed by atoms with van der Waals surface area (Å²) in [6, 6.07) is 10.8. The first-order valence-electron chi connectivity index (χ1n) is 9.13. The largest absolute Gasteiger partial charge is 0.383 e. The number of piperidine rings is 1. The van der Waals surface area contributed by atoms with Crippen molar-refractivity contribution in [3.63, 3.8) is 0 Å². The molecule has 1 aliphatic rings. The second-order valence-corrected chi connectivity index (χ2v) is 6.70. The second-order valence-electron chi connectivity index (χ2n) is 6.70. The van der Waals surface area contributed by atoms with Crippen LogP contribution in [0.1, 0.15) is 36.6 Å². The van der Waals surface area contributed by atoms with Gasteiger partial charge < -0.3 is 14.2 Å². The number of rotatable bonds is 8. The van der Waals surface area contributed by atoms with Gasteiger partial charge >= 0.3 is 0 Å². The van der Waals surface area contributed by atoms with Crippen LogP contribution in [0.3, 0.4) is 0 Å². The van der Waals surface area contributed by atoms with Crippen molar-refractivity contribution in [2.45, 2.75) is 38.1 Å². The SMILES string of the molecule is COCCn1ccnc1[C@H]1CCCN(CCCc2ccccc2)C1. The fourth-order valence-corrected chi connectivity index (χ4v) is 3.68. The molecule has 0 bridgehead atoms. The van der Waals surface area contributed by atoms with Crippen LogP contribution in [0, 0.1) is 0 Å². The topological polar surface area (TPSA) is 30.3 Å². The number of ether oxygens (including phenoxy) is 1. The van der Waals surface area contributed by atoms with Crippen LogP contribution < -0.4 is 0 Å². The Morgan fingerprint density at radius 1 is 1.21 bits per heavy atom. The van der Waals surface area contributed by atoms with Gasteiger partial charge in [-0.1, -0.05) is 30.3 Å². The molecule has 1 fully saturated rings. The highest BCUT2D eigenvalue weighted by Crippen LogP contribution is 2.26. The van der Waals surface area contributed by atoms with Gasteiger partial charge in [-0.25, -0.2) is 4.98 Å². The van der Waals surface area contributed by atoms with Crippen molar-refractivity contribution in [2.24, 2.45) is 0 Å². The van der Waals surface area contributed by atoms with Gasteiger partial charge in [0.05, 0.1) is 6.61 Å². The number of likely N-dealkylation sites (tertiary alicyclic amines) is 1. The predicted octanol–water partition coefficient (Wildman–Crippen LogP) is 3.34. The predicted molar refractivity (Wildman–Crippen MR) is 97.3 cm³/mol. The molecule has 2 heterocycles. The molecule has 4 nitrogen and oxygen atoms in total. The van der Waals surface area contributed by atoms with E-state index >= 15 is 0 Å². The van der Waals surface area contributed by atoms with Crippen LogP contribution in [-0.2, 0) is 17.7 Å². The van der Waals surface area contributed by atoms with E-state index in [1.54, 1.807) is 7.11 Å². The molecule has 0 N–H and O–H groups in total. The number of hydrogen-bond acceptors (Lipinski definition) is 3. The maximum Gasteiger partial charge on any atom is 0.113 e. The third-order valence-electron chi connectivity index (χ3n) is 4.94. The second kappa shape index (κ2) is 9.00. The molecule has 3 rings (SSSR count). The minimum absolute atomic E-state index is 0.558. The molecule has 1 aromatic carbocycles. The Bertz CT molecular complexity index is 596. The number of benzene rings is 1. The zero-order valence-electron chi connectivity index (χ0n) is 14.7. The standard InChI is InChI=1S/C20H29N3O/c1-24-16-15-23-14-11-21-20(23)19-10-6-13-22(17-19)12-5-9-18-7-3-2-4-8-18/h2-4,7-8,11,14,19H,5-6,9-10,12-13,15-17H2,1H3/t19-/m0/s1. The Balaban J connectivity index is 1.50. The molecule has 0 saturated carbocycles. The third-order valence-corrected chi connectivity index (χ3v) is 4.94. The van der Waals surface area contributed by atoms with E-state index in [2.05, 4.69) is 51.0 Å². The van der Waals surface area contributed by atoms with Crippen molar-refractivity contribution in [3.8, 4) is 0 Å². The maximum atomic E-state index is 5.21. The zero-order chi connectivity index (χ0) is 16.6. The molecule has 2 aromatic rings. The summed E-state index contributed by atoms with van der Waals surface area (Å²) in [7, 11) is 1.76. The van der Waals surface area contributed by atoms with Gasteiger partial charge in [0, 0.05) is 38.5 Å². The molecule has 1 atom stereocenters. The fourth-order valence-electron chi connectivity index (χ4n) is 3.68. The first-order valence-corrected chi connectivity index (χ1v) is 9.13. The Labute approximate surface area is 145 Å². The van der Waals surface area contributed by atoms with E-state index in [1.807, 2.05) is 6.20 Å². The molecule has 1 aliphatic heterocycles. The van der Waals surface area contributed by atoms with Crippen molar-refractivity contribution in [2.75, 3.05) is 33.4 Å². The smallest absolute Gasteiger partial charge is 0.113 e. The van der Waals surface area contributed by atoms with Crippen LogP contribution >= 0.6 is 0 Å². The highest BCUT2D eigenvalue weighted by Gasteiger charge is 2.24. The van der Waals surface area contributed by atoms with Gasteiger partial charge in [-0.2, -0.15) is 0 Å². The highest BCUT2D eigenvalue weighted by molar-refractivity contribution is 5.14. The van der Waals surface area contributed by atoms with E-state index in [0.29, 0.717) is 5.92 Å². The van der Waals surface area contributed by atoms with Crippen molar-refractivity contribution in [1.29, 1.82) is 0 Å². The lowest BCUT2D eigenvalue weighted by molar-refractivity contribution is 0.179. The molecule has 1 aromatic heterocycles. The lowest BCUT2D eigenvalue weighted by Crippen LogP contribution is -2.36. The molecular weight excluding hydrogens is 298 g/mol. The molecule has 24 heavy (non-hydrogen) atoms. The summed E-state index contributed by atoms with van der Waals surface area (Å²) in [6.45, 7) is 5.19. The van der Waals surface area contributed by atoms with Crippen LogP contribution in [-0.4, -0.2) is 47.8 Å². The summed E-state index contributed by atoms with van der Waals surface area (Å²) in [6.07, 6.45) is 8.94. The summed E-state index contributed by atoms with van der Waals surface area (Å²) in [4.78, 5) is 7.25. The summed E-state index contributed by atoms with van der Waals surface area (Å²) in [5, 5.41) is 0. The maximum absolute atomic E-state index is 5.21. The van der Waals surface area contributed by atoms with Gasteiger partial charge in [0.1, 0.15) is 5.82 Å². The van der Waals surface area contributed by atoms with E-state index in [-0.39, 0.29) is 0 Å². The fraction of sp³-hybridized carbons (Fsp3) is 0.550. The molecule has 0 amide bonds. The Morgan fingerprint density at radius 2 is 2.08 bits per heavy atom. The normalized spacial score (nSPS) is 18.8. The van der Waals surface area contributed by atoms with Crippen LogP contribution in [0.5, 0.6) is 0 Å². The molecule has 130 valence electrons. The minimum atomic E-state index is 0.558. The van der Waals surface area contributed by atoms with Crippen molar-refractivity contribution >= 4 is 0 Å². The molecular formula is C20H29N3O. The number of methoxy groups -OCH3 is 1. The molecule has 1 saturated heterocycles. The third kappa shape index (κ3) is 4.68. The van der Waals surface area contributed by atoms with Gasteiger partial charge in [-0.3, -0.25) is 0 Å². The van der Waals surface area contributed by atoms with E-state index in [1.165, 1.54) is 50.2 Å². The summed E-state index contributed by atoms with van der Waals surface area (Å²) in [5.41, 5.74) is 1.45. The summed E-state index contributed by atoms with van der Waals surface area (Å²) >= 11 is 0.